The molecule has 1 heterocycles. The van der Waals surface area contributed by atoms with Crippen LogP contribution in [0.2, 0.25) is 0 Å². The molecular weight excluding hydrogens is 416 g/mol. The van der Waals surface area contributed by atoms with Crippen LogP contribution in [0.3, 0.4) is 0 Å². The molecule has 0 saturated heterocycles. The molecule has 0 aliphatic heterocycles. The Labute approximate surface area is 166 Å². The number of nitrogens with zero attached hydrogens (tertiary/aromatic N) is 1. The standard InChI is InChI=1S/C20H13F6NO3/c1-28-12-10-15(13-6-2-4-8-17(13)29-19(21,22)23)27-16(11-12)14-7-3-5-9-18(14)30-20(24,25)26/h2-11H,1H3. The Morgan fingerprint density at radius 2 is 1.07 bits per heavy atom. The van der Waals surface area contributed by atoms with E-state index in [0.717, 1.165) is 12.1 Å². The predicted octanol–water partition coefficient (Wildman–Crippen LogP) is 6.22. The van der Waals surface area contributed by atoms with Crippen molar-refractivity contribution >= 4 is 0 Å². The van der Waals surface area contributed by atoms with E-state index in [1.54, 1.807) is 0 Å². The topological polar surface area (TPSA) is 40.6 Å². The molecule has 0 spiro atoms. The van der Waals surface area contributed by atoms with Crippen LogP contribution in [0.25, 0.3) is 22.5 Å². The van der Waals surface area contributed by atoms with Crippen LogP contribution in [0, 0.1) is 0 Å². The minimum atomic E-state index is -4.94. The number of halogens is 6. The Balaban J connectivity index is 2.14. The van der Waals surface area contributed by atoms with E-state index in [1.807, 2.05) is 0 Å². The van der Waals surface area contributed by atoms with Crippen molar-refractivity contribution in [2.75, 3.05) is 7.11 Å². The molecule has 4 nitrogen and oxygen atoms in total. The summed E-state index contributed by atoms with van der Waals surface area (Å²) in [6, 6.07) is 13.2. The number of hydrogen-bond donors (Lipinski definition) is 0. The zero-order chi connectivity index (χ0) is 21.9. The van der Waals surface area contributed by atoms with Crippen molar-refractivity contribution in [1.82, 2.24) is 4.98 Å². The normalized spacial score (nSPS) is 11.8. The number of methoxy groups -OCH3 is 1. The van der Waals surface area contributed by atoms with E-state index in [4.69, 9.17) is 4.74 Å². The molecule has 1 aromatic heterocycles. The first-order valence-corrected chi connectivity index (χ1v) is 8.32. The van der Waals surface area contributed by atoms with E-state index in [9.17, 15) is 26.3 Å². The van der Waals surface area contributed by atoms with Crippen molar-refractivity contribution in [2.24, 2.45) is 0 Å². The Kier molecular flexibility index (Phi) is 5.77. The quantitative estimate of drug-likeness (QED) is 0.452. The number of para-hydroxylation sites is 2. The number of rotatable bonds is 5. The van der Waals surface area contributed by atoms with E-state index >= 15 is 0 Å². The van der Waals surface area contributed by atoms with Crippen molar-refractivity contribution in [3.05, 3.63) is 60.7 Å². The molecule has 0 atom stereocenters. The van der Waals surface area contributed by atoms with Gasteiger partial charge in [0, 0.05) is 23.3 Å². The highest BCUT2D eigenvalue weighted by molar-refractivity contribution is 5.74. The van der Waals surface area contributed by atoms with Crippen LogP contribution in [0.1, 0.15) is 0 Å². The maximum Gasteiger partial charge on any atom is 0.573 e. The number of benzene rings is 2. The highest BCUT2D eigenvalue weighted by Gasteiger charge is 2.33. The molecule has 3 rings (SSSR count). The zero-order valence-electron chi connectivity index (χ0n) is 15.2. The molecule has 0 bridgehead atoms. The molecule has 0 aliphatic rings. The summed E-state index contributed by atoms with van der Waals surface area (Å²) in [5.41, 5.74) is -0.0367. The van der Waals surface area contributed by atoms with Crippen molar-refractivity contribution in [1.29, 1.82) is 0 Å². The van der Waals surface area contributed by atoms with Gasteiger partial charge >= 0.3 is 12.7 Å². The molecule has 0 fully saturated rings. The van der Waals surface area contributed by atoms with Gasteiger partial charge in [0.15, 0.2) is 0 Å². The first-order chi connectivity index (χ1) is 14.1. The van der Waals surface area contributed by atoms with Crippen LogP contribution in [0.5, 0.6) is 17.2 Å². The van der Waals surface area contributed by atoms with Gasteiger partial charge in [-0.15, -0.1) is 26.3 Å². The second-order valence-electron chi connectivity index (χ2n) is 5.87. The fourth-order valence-corrected chi connectivity index (χ4v) is 2.68. The van der Waals surface area contributed by atoms with Crippen molar-refractivity contribution in [2.45, 2.75) is 12.7 Å². The summed E-state index contributed by atoms with van der Waals surface area (Å²) in [5.74, 6) is -0.869. The van der Waals surface area contributed by atoms with Gasteiger partial charge in [-0.25, -0.2) is 4.98 Å². The minimum absolute atomic E-state index is 0.00557. The molecule has 0 radical (unpaired) electrons. The van der Waals surface area contributed by atoms with Gasteiger partial charge in [0.1, 0.15) is 17.2 Å². The SMILES string of the molecule is COc1cc(-c2ccccc2OC(F)(F)F)nc(-c2ccccc2OC(F)(F)F)c1. The second-order valence-corrected chi connectivity index (χ2v) is 5.87. The average Bonchev–Trinajstić information content (AvgIpc) is 2.66. The van der Waals surface area contributed by atoms with Gasteiger partial charge in [0.05, 0.1) is 18.5 Å². The van der Waals surface area contributed by atoms with Crippen LogP contribution >= 0.6 is 0 Å². The Hall–Kier alpha value is -3.43. The van der Waals surface area contributed by atoms with Gasteiger partial charge in [-0.1, -0.05) is 24.3 Å². The fraction of sp³-hybridized carbons (Fsp3) is 0.150. The maximum atomic E-state index is 12.7. The molecule has 2 aromatic carbocycles. The third-order valence-corrected chi connectivity index (χ3v) is 3.81. The Morgan fingerprint density at radius 1 is 0.667 bits per heavy atom. The minimum Gasteiger partial charge on any atom is -0.497 e. The smallest absolute Gasteiger partial charge is 0.497 e. The molecule has 10 heteroatoms. The third kappa shape index (κ3) is 5.34. The van der Waals surface area contributed by atoms with Crippen molar-refractivity contribution < 1.29 is 40.6 Å². The Bertz CT molecular complexity index is 956. The summed E-state index contributed by atoms with van der Waals surface area (Å²) in [7, 11) is 1.30. The lowest BCUT2D eigenvalue weighted by Crippen LogP contribution is -2.18. The van der Waals surface area contributed by atoms with E-state index in [2.05, 4.69) is 14.5 Å². The lowest BCUT2D eigenvalue weighted by atomic mass is 10.1. The summed E-state index contributed by atoms with van der Waals surface area (Å²) >= 11 is 0. The fourth-order valence-electron chi connectivity index (χ4n) is 2.68. The van der Waals surface area contributed by atoms with Crippen LogP contribution in [0.4, 0.5) is 26.3 Å². The molecule has 0 unspecified atom stereocenters. The van der Waals surface area contributed by atoms with Crippen molar-refractivity contribution in [3.8, 4) is 39.8 Å². The zero-order valence-corrected chi connectivity index (χ0v) is 15.2. The Morgan fingerprint density at radius 3 is 1.43 bits per heavy atom. The lowest BCUT2D eigenvalue weighted by Gasteiger charge is -2.16. The molecule has 0 aliphatic carbocycles. The maximum absolute atomic E-state index is 12.7. The largest absolute Gasteiger partial charge is 0.573 e. The molecular formula is C20H13F6NO3. The summed E-state index contributed by atoms with van der Waals surface area (Å²) < 4.78 is 89.7. The second kappa shape index (κ2) is 8.13. The third-order valence-electron chi connectivity index (χ3n) is 3.81. The van der Waals surface area contributed by atoms with E-state index < -0.39 is 24.2 Å². The number of hydrogen-bond acceptors (Lipinski definition) is 4. The van der Waals surface area contributed by atoms with Gasteiger partial charge in [-0.3, -0.25) is 0 Å². The van der Waals surface area contributed by atoms with Gasteiger partial charge in [-0.2, -0.15) is 0 Å². The highest BCUT2D eigenvalue weighted by atomic mass is 19.4. The number of pyridine rings is 1. The lowest BCUT2D eigenvalue weighted by molar-refractivity contribution is -0.275. The number of aromatic nitrogens is 1. The summed E-state index contributed by atoms with van der Waals surface area (Å²) in [4.78, 5) is 4.23. The molecule has 158 valence electrons. The molecule has 0 amide bonds. The molecule has 0 N–H and O–H groups in total. The first kappa shape index (κ1) is 21.3. The van der Waals surface area contributed by atoms with Gasteiger partial charge in [0.2, 0.25) is 0 Å². The van der Waals surface area contributed by atoms with Gasteiger partial charge in [0.25, 0.3) is 0 Å². The van der Waals surface area contributed by atoms with E-state index in [-0.39, 0.29) is 28.3 Å². The van der Waals surface area contributed by atoms with E-state index in [1.165, 1.54) is 55.6 Å². The van der Waals surface area contributed by atoms with Crippen LogP contribution in [0.15, 0.2) is 60.7 Å². The monoisotopic (exact) mass is 429 g/mol. The van der Waals surface area contributed by atoms with Crippen LogP contribution in [-0.2, 0) is 0 Å². The number of ether oxygens (including phenoxy) is 3. The number of alkyl halides is 6. The summed E-state index contributed by atoms with van der Waals surface area (Å²) in [6.07, 6.45) is -9.88. The van der Waals surface area contributed by atoms with Crippen LogP contribution in [-0.4, -0.2) is 24.8 Å². The molecule has 0 saturated carbocycles. The van der Waals surface area contributed by atoms with Gasteiger partial charge < -0.3 is 14.2 Å². The summed E-state index contributed by atoms with van der Waals surface area (Å²) in [5, 5.41) is 0. The van der Waals surface area contributed by atoms with Crippen molar-refractivity contribution in [3.63, 3.8) is 0 Å². The summed E-state index contributed by atoms with van der Waals surface area (Å²) in [6.45, 7) is 0. The highest BCUT2D eigenvalue weighted by Crippen LogP contribution is 2.38. The molecule has 3 aromatic rings. The molecule has 30 heavy (non-hydrogen) atoms. The predicted molar refractivity (Wildman–Crippen MR) is 95.0 cm³/mol. The van der Waals surface area contributed by atoms with E-state index in [0.29, 0.717) is 0 Å². The van der Waals surface area contributed by atoms with Gasteiger partial charge in [-0.05, 0) is 24.3 Å². The first-order valence-electron chi connectivity index (χ1n) is 8.32. The average molecular weight is 429 g/mol. The van der Waals surface area contributed by atoms with Crippen LogP contribution < -0.4 is 14.2 Å².